The number of hydrogen-bond donors (Lipinski definition) is 2. The van der Waals surface area contributed by atoms with Crippen LogP contribution >= 0.6 is 0 Å². The van der Waals surface area contributed by atoms with Crippen molar-refractivity contribution >= 4 is 5.78 Å². The highest BCUT2D eigenvalue weighted by molar-refractivity contribution is 5.83. The molecule has 0 fully saturated rings. The van der Waals surface area contributed by atoms with Gasteiger partial charge in [0, 0.05) is 6.42 Å². The lowest BCUT2D eigenvalue weighted by Crippen LogP contribution is -2.32. The number of Topliss-reactive ketones (excluding diaryl/α,β-unsaturated/α-hetero) is 1. The fraction of sp³-hybridized carbons (Fsp3) is 0.364. The monoisotopic (exact) mass is 193 g/mol. The highest BCUT2D eigenvalue weighted by Crippen LogP contribution is 2.17. The fourth-order valence-electron chi connectivity index (χ4n) is 1.30. The quantitative estimate of drug-likeness (QED) is 0.756. The van der Waals surface area contributed by atoms with Crippen LogP contribution in [0.1, 0.15) is 18.9 Å². The van der Waals surface area contributed by atoms with Crippen LogP contribution in [0.15, 0.2) is 24.3 Å². The van der Waals surface area contributed by atoms with Gasteiger partial charge in [0.15, 0.2) is 0 Å². The van der Waals surface area contributed by atoms with Crippen LogP contribution in [-0.4, -0.2) is 16.9 Å². The maximum Gasteiger partial charge on any atom is 0.149 e. The molecule has 1 atom stereocenters. The first kappa shape index (κ1) is 10.7. The van der Waals surface area contributed by atoms with Crippen LogP contribution in [0.5, 0.6) is 5.75 Å². The first-order valence-corrected chi connectivity index (χ1v) is 4.70. The predicted octanol–water partition coefficient (Wildman–Crippen LogP) is 1.24. The first-order chi connectivity index (χ1) is 6.65. The summed E-state index contributed by atoms with van der Waals surface area (Å²) in [6, 6.07) is 6.43. The van der Waals surface area contributed by atoms with Gasteiger partial charge in [-0.3, -0.25) is 4.79 Å². The SMILES string of the molecule is CCC(=O)C(N)Cc1ccccc1O. The van der Waals surface area contributed by atoms with Gasteiger partial charge in [0.2, 0.25) is 0 Å². The molecule has 1 unspecified atom stereocenters. The zero-order chi connectivity index (χ0) is 10.6. The zero-order valence-corrected chi connectivity index (χ0v) is 8.23. The van der Waals surface area contributed by atoms with Crippen LogP contribution in [0, 0.1) is 0 Å². The molecule has 0 heterocycles. The molecule has 3 N–H and O–H groups in total. The molecule has 1 aromatic carbocycles. The summed E-state index contributed by atoms with van der Waals surface area (Å²) in [5.74, 6) is 0.222. The highest BCUT2D eigenvalue weighted by atomic mass is 16.3. The van der Waals surface area contributed by atoms with E-state index in [-0.39, 0.29) is 11.5 Å². The van der Waals surface area contributed by atoms with Gasteiger partial charge in [-0.15, -0.1) is 0 Å². The van der Waals surface area contributed by atoms with E-state index in [9.17, 15) is 9.90 Å². The number of hydrogen-bond acceptors (Lipinski definition) is 3. The number of benzene rings is 1. The molecule has 3 nitrogen and oxygen atoms in total. The van der Waals surface area contributed by atoms with Crippen molar-refractivity contribution in [3.8, 4) is 5.75 Å². The summed E-state index contributed by atoms with van der Waals surface area (Å²) in [7, 11) is 0. The molecule has 14 heavy (non-hydrogen) atoms. The van der Waals surface area contributed by atoms with Crippen LogP contribution in [-0.2, 0) is 11.2 Å². The van der Waals surface area contributed by atoms with Gasteiger partial charge in [-0.2, -0.15) is 0 Å². The van der Waals surface area contributed by atoms with Crippen molar-refractivity contribution in [1.29, 1.82) is 0 Å². The minimum absolute atomic E-state index is 0.0215. The Labute approximate surface area is 83.6 Å². The molecular weight excluding hydrogens is 178 g/mol. The van der Waals surface area contributed by atoms with Gasteiger partial charge in [-0.05, 0) is 18.1 Å². The lowest BCUT2D eigenvalue weighted by Gasteiger charge is -2.10. The third kappa shape index (κ3) is 2.57. The number of aromatic hydroxyl groups is 1. The minimum Gasteiger partial charge on any atom is -0.508 e. The van der Waals surface area contributed by atoms with E-state index in [1.807, 2.05) is 6.07 Å². The second kappa shape index (κ2) is 4.77. The maximum atomic E-state index is 11.2. The Kier molecular flexibility index (Phi) is 3.65. The van der Waals surface area contributed by atoms with Crippen molar-refractivity contribution in [2.75, 3.05) is 0 Å². The second-order valence-corrected chi connectivity index (χ2v) is 3.26. The van der Waals surface area contributed by atoms with Gasteiger partial charge in [-0.1, -0.05) is 25.1 Å². The van der Waals surface area contributed by atoms with E-state index < -0.39 is 6.04 Å². The van der Waals surface area contributed by atoms with Crippen molar-refractivity contribution in [1.82, 2.24) is 0 Å². The topological polar surface area (TPSA) is 63.3 Å². The number of phenolic OH excluding ortho intramolecular Hbond substituents is 1. The molecule has 1 rings (SSSR count). The summed E-state index contributed by atoms with van der Waals surface area (Å²) in [6.07, 6.45) is 0.841. The molecule has 0 spiro atoms. The number of para-hydroxylation sites is 1. The van der Waals surface area contributed by atoms with E-state index in [1.54, 1.807) is 25.1 Å². The average molecular weight is 193 g/mol. The van der Waals surface area contributed by atoms with Crippen molar-refractivity contribution in [2.45, 2.75) is 25.8 Å². The number of phenols is 1. The van der Waals surface area contributed by atoms with Gasteiger partial charge in [0.05, 0.1) is 6.04 Å². The van der Waals surface area contributed by atoms with E-state index in [1.165, 1.54) is 0 Å². The molecular formula is C11H15NO2. The van der Waals surface area contributed by atoms with Crippen molar-refractivity contribution in [3.63, 3.8) is 0 Å². The zero-order valence-electron chi connectivity index (χ0n) is 8.23. The Morgan fingerprint density at radius 3 is 2.71 bits per heavy atom. The Bertz CT molecular complexity index is 323. The molecule has 0 aliphatic rings. The Morgan fingerprint density at radius 2 is 2.14 bits per heavy atom. The molecule has 0 saturated heterocycles. The van der Waals surface area contributed by atoms with Gasteiger partial charge in [-0.25, -0.2) is 0 Å². The first-order valence-electron chi connectivity index (χ1n) is 4.70. The van der Waals surface area contributed by atoms with E-state index in [2.05, 4.69) is 0 Å². The molecule has 0 aliphatic heterocycles. The molecule has 3 heteroatoms. The summed E-state index contributed by atoms with van der Waals surface area (Å²) < 4.78 is 0. The van der Waals surface area contributed by atoms with E-state index in [0.29, 0.717) is 12.8 Å². The van der Waals surface area contributed by atoms with E-state index in [0.717, 1.165) is 5.56 Å². The molecule has 76 valence electrons. The largest absolute Gasteiger partial charge is 0.508 e. The smallest absolute Gasteiger partial charge is 0.149 e. The van der Waals surface area contributed by atoms with E-state index in [4.69, 9.17) is 5.73 Å². The van der Waals surface area contributed by atoms with Crippen LogP contribution in [0.2, 0.25) is 0 Å². The fourth-order valence-corrected chi connectivity index (χ4v) is 1.30. The molecule has 0 radical (unpaired) electrons. The number of ketones is 1. The van der Waals surface area contributed by atoms with Crippen LogP contribution in [0.4, 0.5) is 0 Å². The van der Waals surface area contributed by atoms with Crippen LogP contribution in [0.3, 0.4) is 0 Å². The molecule has 0 bridgehead atoms. The maximum absolute atomic E-state index is 11.2. The lowest BCUT2D eigenvalue weighted by atomic mass is 10.0. The summed E-state index contributed by atoms with van der Waals surface area (Å²) >= 11 is 0. The number of nitrogens with two attached hydrogens (primary N) is 1. The van der Waals surface area contributed by atoms with Gasteiger partial charge in [0.25, 0.3) is 0 Å². The van der Waals surface area contributed by atoms with E-state index >= 15 is 0 Å². The third-order valence-corrected chi connectivity index (χ3v) is 2.19. The number of carbonyl (C=O) groups excluding carboxylic acids is 1. The summed E-state index contributed by atoms with van der Waals surface area (Å²) in [5, 5.41) is 9.45. The normalized spacial score (nSPS) is 12.4. The van der Waals surface area contributed by atoms with Crippen molar-refractivity contribution in [2.24, 2.45) is 5.73 Å². The van der Waals surface area contributed by atoms with Gasteiger partial charge < -0.3 is 10.8 Å². The molecule has 0 amide bonds. The molecule has 1 aromatic rings. The van der Waals surface area contributed by atoms with Crippen molar-refractivity contribution in [3.05, 3.63) is 29.8 Å². The standard InChI is InChI=1S/C11H15NO2/c1-2-10(13)9(12)7-8-5-3-4-6-11(8)14/h3-6,9,14H,2,7,12H2,1H3. The number of rotatable bonds is 4. The number of carbonyl (C=O) groups is 1. The summed E-state index contributed by atoms with van der Waals surface area (Å²) in [4.78, 5) is 11.2. The molecule has 0 aliphatic carbocycles. The summed E-state index contributed by atoms with van der Waals surface area (Å²) in [5.41, 5.74) is 6.39. The third-order valence-electron chi connectivity index (χ3n) is 2.19. The second-order valence-electron chi connectivity index (χ2n) is 3.26. The van der Waals surface area contributed by atoms with Crippen molar-refractivity contribution < 1.29 is 9.90 Å². The van der Waals surface area contributed by atoms with Gasteiger partial charge >= 0.3 is 0 Å². The minimum atomic E-state index is -0.506. The Morgan fingerprint density at radius 1 is 1.50 bits per heavy atom. The summed E-state index contributed by atoms with van der Waals surface area (Å²) in [6.45, 7) is 1.78. The average Bonchev–Trinajstić information content (AvgIpc) is 2.20. The Balaban J connectivity index is 2.69. The molecule has 0 saturated carbocycles. The van der Waals surface area contributed by atoms with Crippen LogP contribution < -0.4 is 5.73 Å². The Hall–Kier alpha value is -1.35. The van der Waals surface area contributed by atoms with Crippen LogP contribution in [0.25, 0.3) is 0 Å². The highest BCUT2D eigenvalue weighted by Gasteiger charge is 2.13. The lowest BCUT2D eigenvalue weighted by molar-refractivity contribution is -0.119. The van der Waals surface area contributed by atoms with Gasteiger partial charge in [0.1, 0.15) is 11.5 Å². The molecule has 0 aromatic heterocycles. The predicted molar refractivity (Wildman–Crippen MR) is 55.1 cm³/mol.